The molecule has 0 heterocycles. The van der Waals surface area contributed by atoms with Crippen LogP contribution in [0.15, 0.2) is 0 Å². The second-order valence-electron chi connectivity index (χ2n) is 4.76. The van der Waals surface area contributed by atoms with Crippen LogP contribution in [0.25, 0.3) is 0 Å². The Morgan fingerprint density at radius 2 is 1.23 bits per heavy atom. The maximum Gasteiger partial charge on any atom is 0.321 e. The molecule has 10 heteroatoms. The molecule has 1 unspecified atom stereocenters. The summed E-state index contributed by atoms with van der Waals surface area (Å²) in [4.78, 5) is 54.7. The van der Waals surface area contributed by atoms with E-state index in [2.05, 4.69) is 0 Å². The van der Waals surface area contributed by atoms with Gasteiger partial charge >= 0.3 is 29.8 Å². The number of hydrogen-bond acceptors (Lipinski definition) is 5. The standard InChI is InChI=1S/C12H16O10/c13-7(14)2-1-6(9(17)18)5-12(10(19)20,11(21)22)4-3-8(15)16/h6H,1-5H2,(H,13,14)(H,15,16)(H,17,18)(H,19,20)(H,21,22). The number of carboxylic acid groups (broad SMARTS) is 5. The van der Waals surface area contributed by atoms with Crippen molar-refractivity contribution in [3.8, 4) is 0 Å². The van der Waals surface area contributed by atoms with Gasteiger partial charge in [-0.05, 0) is 19.3 Å². The predicted molar refractivity (Wildman–Crippen MR) is 67.2 cm³/mol. The van der Waals surface area contributed by atoms with Crippen molar-refractivity contribution in [2.24, 2.45) is 11.3 Å². The molecule has 0 aliphatic carbocycles. The Morgan fingerprint density at radius 3 is 1.55 bits per heavy atom. The van der Waals surface area contributed by atoms with Crippen LogP contribution >= 0.6 is 0 Å². The van der Waals surface area contributed by atoms with Gasteiger partial charge in [0.1, 0.15) is 0 Å². The normalized spacial score (nSPS) is 12.4. The van der Waals surface area contributed by atoms with E-state index in [1.165, 1.54) is 0 Å². The van der Waals surface area contributed by atoms with Crippen LogP contribution in [0.4, 0.5) is 0 Å². The fraction of sp³-hybridized carbons (Fsp3) is 0.583. The van der Waals surface area contributed by atoms with E-state index in [1.54, 1.807) is 0 Å². The van der Waals surface area contributed by atoms with Gasteiger partial charge in [-0.15, -0.1) is 0 Å². The van der Waals surface area contributed by atoms with Crippen molar-refractivity contribution in [1.29, 1.82) is 0 Å². The molecule has 124 valence electrons. The molecule has 0 aliphatic rings. The molecule has 0 saturated heterocycles. The average molecular weight is 320 g/mol. The molecule has 5 N–H and O–H groups in total. The Balaban J connectivity index is 5.41. The number of rotatable bonds is 11. The van der Waals surface area contributed by atoms with Crippen molar-refractivity contribution in [1.82, 2.24) is 0 Å². The Labute approximate surface area is 124 Å². The van der Waals surface area contributed by atoms with Gasteiger partial charge in [-0.2, -0.15) is 0 Å². The Hall–Kier alpha value is -2.65. The van der Waals surface area contributed by atoms with E-state index in [9.17, 15) is 24.0 Å². The second kappa shape index (κ2) is 7.96. The number of carbonyl (C=O) groups is 5. The van der Waals surface area contributed by atoms with Crippen molar-refractivity contribution in [3.63, 3.8) is 0 Å². The van der Waals surface area contributed by atoms with Gasteiger partial charge < -0.3 is 25.5 Å². The molecule has 10 nitrogen and oxygen atoms in total. The summed E-state index contributed by atoms with van der Waals surface area (Å²) in [5.74, 6) is -9.52. The second-order valence-corrected chi connectivity index (χ2v) is 4.76. The first-order valence-corrected chi connectivity index (χ1v) is 6.16. The molecule has 0 aromatic rings. The highest BCUT2D eigenvalue weighted by molar-refractivity contribution is 5.99. The summed E-state index contributed by atoms with van der Waals surface area (Å²) < 4.78 is 0. The summed E-state index contributed by atoms with van der Waals surface area (Å²) in [6.07, 6.45) is -3.51. The lowest BCUT2D eigenvalue weighted by Gasteiger charge is -2.27. The molecule has 0 spiro atoms. The van der Waals surface area contributed by atoms with E-state index in [-0.39, 0.29) is 0 Å². The van der Waals surface area contributed by atoms with Gasteiger partial charge in [0.15, 0.2) is 5.41 Å². The molecule has 0 fully saturated rings. The first-order valence-electron chi connectivity index (χ1n) is 6.16. The topological polar surface area (TPSA) is 186 Å². The van der Waals surface area contributed by atoms with Crippen LogP contribution in [-0.2, 0) is 24.0 Å². The lowest BCUT2D eigenvalue weighted by molar-refractivity contribution is -0.168. The van der Waals surface area contributed by atoms with Crippen molar-refractivity contribution in [2.75, 3.05) is 0 Å². The molecule has 1 atom stereocenters. The molecular weight excluding hydrogens is 304 g/mol. The van der Waals surface area contributed by atoms with Crippen LogP contribution in [0.2, 0.25) is 0 Å². The van der Waals surface area contributed by atoms with Gasteiger partial charge in [0.25, 0.3) is 0 Å². The van der Waals surface area contributed by atoms with Crippen LogP contribution in [0.1, 0.15) is 32.1 Å². The predicted octanol–water partition coefficient (Wildman–Crippen LogP) is -0.0375. The minimum atomic E-state index is -2.60. The first kappa shape index (κ1) is 19.4. The number of carboxylic acids is 5. The number of aliphatic carboxylic acids is 5. The largest absolute Gasteiger partial charge is 0.481 e. The molecule has 0 rings (SSSR count). The molecule has 0 amide bonds. The average Bonchev–Trinajstić information content (AvgIpc) is 2.36. The molecule has 0 radical (unpaired) electrons. The summed E-state index contributed by atoms with van der Waals surface area (Å²) in [7, 11) is 0. The van der Waals surface area contributed by atoms with Crippen LogP contribution < -0.4 is 0 Å². The summed E-state index contributed by atoms with van der Waals surface area (Å²) >= 11 is 0. The van der Waals surface area contributed by atoms with Gasteiger partial charge in [0, 0.05) is 12.8 Å². The van der Waals surface area contributed by atoms with E-state index in [1.807, 2.05) is 0 Å². The molecule has 0 saturated carbocycles. The Kier molecular flexibility index (Phi) is 7.00. The summed E-state index contributed by atoms with van der Waals surface area (Å²) in [6.45, 7) is 0. The maximum absolute atomic E-state index is 11.3. The van der Waals surface area contributed by atoms with Gasteiger partial charge in [-0.25, -0.2) is 0 Å². The third-order valence-corrected chi connectivity index (χ3v) is 3.24. The minimum Gasteiger partial charge on any atom is -0.481 e. The summed E-state index contributed by atoms with van der Waals surface area (Å²) in [6, 6.07) is 0. The minimum absolute atomic E-state index is 0.458. The van der Waals surface area contributed by atoms with Gasteiger partial charge in [-0.1, -0.05) is 0 Å². The lowest BCUT2D eigenvalue weighted by Crippen LogP contribution is -2.42. The van der Waals surface area contributed by atoms with E-state index < -0.39 is 73.3 Å². The molecule has 22 heavy (non-hydrogen) atoms. The SMILES string of the molecule is O=C(O)CCC(CC(CCC(=O)O)(C(=O)O)C(=O)O)C(=O)O. The van der Waals surface area contributed by atoms with E-state index in [0.717, 1.165) is 0 Å². The Bertz CT molecular complexity index is 466. The molecule has 0 aromatic carbocycles. The van der Waals surface area contributed by atoms with Crippen LogP contribution in [0.5, 0.6) is 0 Å². The van der Waals surface area contributed by atoms with Crippen molar-refractivity contribution in [3.05, 3.63) is 0 Å². The monoisotopic (exact) mass is 320 g/mol. The van der Waals surface area contributed by atoms with Gasteiger partial charge in [-0.3, -0.25) is 24.0 Å². The van der Waals surface area contributed by atoms with Crippen LogP contribution in [0.3, 0.4) is 0 Å². The third-order valence-electron chi connectivity index (χ3n) is 3.24. The zero-order valence-corrected chi connectivity index (χ0v) is 11.4. The van der Waals surface area contributed by atoms with Crippen LogP contribution in [0, 0.1) is 11.3 Å². The quantitative estimate of drug-likeness (QED) is 0.323. The highest BCUT2D eigenvalue weighted by atomic mass is 16.4. The van der Waals surface area contributed by atoms with Crippen LogP contribution in [-0.4, -0.2) is 55.4 Å². The molecule has 0 bridgehead atoms. The lowest BCUT2D eigenvalue weighted by atomic mass is 9.74. The highest BCUT2D eigenvalue weighted by Crippen LogP contribution is 2.35. The molecule has 0 aromatic heterocycles. The van der Waals surface area contributed by atoms with E-state index in [4.69, 9.17) is 25.5 Å². The van der Waals surface area contributed by atoms with Crippen molar-refractivity contribution in [2.45, 2.75) is 32.1 Å². The highest BCUT2D eigenvalue weighted by Gasteiger charge is 2.49. The van der Waals surface area contributed by atoms with Gasteiger partial charge in [0.2, 0.25) is 0 Å². The van der Waals surface area contributed by atoms with Gasteiger partial charge in [0.05, 0.1) is 5.92 Å². The van der Waals surface area contributed by atoms with E-state index >= 15 is 0 Å². The maximum atomic E-state index is 11.3. The Morgan fingerprint density at radius 1 is 0.773 bits per heavy atom. The first-order chi connectivity index (χ1) is 10.0. The van der Waals surface area contributed by atoms with E-state index in [0.29, 0.717) is 0 Å². The smallest absolute Gasteiger partial charge is 0.321 e. The zero-order chi connectivity index (χ0) is 17.5. The fourth-order valence-corrected chi connectivity index (χ4v) is 1.93. The summed E-state index contributed by atoms with van der Waals surface area (Å²) in [5.41, 5.74) is -2.60. The summed E-state index contributed by atoms with van der Waals surface area (Å²) in [5, 5.41) is 44.4. The fourth-order valence-electron chi connectivity index (χ4n) is 1.93. The molecule has 0 aliphatic heterocycles. The number of hydrogen-bond donors (Lipinski definition) is 5. The third kappa shape index (κ3) is 5.38. The van der Waals surface area contributed by atoms with Crippen molar-refractivity contribution < 1.29 is 49.5 Å². The molecular formula is C12H16O10. The van der Waals surface area contributed by atoms with Crippen molar-refractivity contribution >= 4 is 29.8 Å². The zero-order valence-electron chi connectivity index (χ0n) is 11.4.